The number of aromatic hydroxyl groups is 1. The van der Waals surface area contributed by atoms with Crippen LogP contribution in [0.5, 0.6) is 5.75 Å². The molecule has 0 spiro atoms. The number of benzene rings is 2. The number of ether oxygens (including phenoxy) is 1. The van der Waals surface area contributed by atoms with Crippen LogP contribution in [0.1, 0.15) is 50.3 Å². The zero-order valence-electron chi connectivity index (χ0n) is 16.7. The van der Waals surface area contributed by atoms with Crippen LogP contribution < -0.4 is 5.32 Å². The van der Waals surface area contributed by atoms with E-state index < -0.39 is 11.6 Å². The van der Waals surface area contributed by atoms with E-state index in [9.17, 15) is 9.90 Å². The maximum atomic E-state index is 12.4. The summed E-state index contributed by atoms with van der Waals surface area (Å²) in [4.78, 5) is 16.6. The number of nitrogens with one attached hydrogen (secondary N) is 1. The summed E-state index contributed by atoms with van der Waals surface area (Å²) in [5.41, 5.74) is 2.96. The number of pyridine rings is 1. The van der Waals surface area contributed by atoms with Gasteiger partial charge in [0.15, 0.2) is 0 Å². The van der Waals surface area contributed by atoms with Crippen LogP contribution in [0.2, 0.25) is 0 Å². The molecule has 3 aromatic rings. The molecule has 28 heavy (non-hydrogen) atoms. The summed E-state index contributed by atoms with van der Waals surface area (Å²) in [7, 11) is 0. The summed E-state index contributed by atoms with van der Waals surface area (Å²) in [6, 6.07) is 15.2. The van der Waals surface area contributed by atoms with Gasteiger partial charge in [-0.25, -0.2) is 4.79 Å². The second-order valence-corrected chi connectivity index (χ2v) is 7.75. The maximum Gasteiger partial charge on any atom is 0.408 e. The Labute approximate surface area is 165 Å². The quantitative estimate of drug-likeness (QED) is 0.638. The van der Waals surface area contributed by atoms with E-state index in [1.165, 1.54) is 5.56 Å². The van der Waals surface area contributed by atoms with E-state index in [0.29, 0.717) is 11.4 Å². The molecule has 1 amide bonds. The summed E-state index contributed by atoms with van der Waals surface area (Å²) in [5.74, 6) is 0.522. The first-order valence-corrected chi connectivity index (χ1v) is 9.39. The Morgan fingerprint density at radius 2 is 1.96 bits per heavy atom. The van der Waals surface area contributed by atoms with Crippen LogP contribution in [0, 0.1) is 0 Å². The summed E-state index contributed by atoms with van der Waals surface area (Å²) >= 11 is 0. The summed E-state index contributed by atoms with van der Waals surface area (Å²) in [6.07, 6.45) is 1.12. The molecule has 1 aromatic heterocycles. The molecule has 0 fully saturated rings. The molecule has 0 bridgehead atoms. The number of rotatable bonds is 5. The second-order valence-electron chi connectivity index (χ2n) is 7.75. The first-order chi connectivity index (χ1) is 13.3. The first kappa shape index (κ1) is 19.7. The highest BCUT2D eigenvalue weighted by atomic mass is 16.5. The predicted molar refractivity (Wildman–Crippen MR) is 110 cm³/mol. The van der Waals surface area contributed by atoms with Gasteiger partial charge < -0.3 is 15.2 Å². The van der Waals surface area contributed by atoms with E-state index in [2.05, 4.69) is 36.3 Å². The van der Waals surface area contributed by atoms with Crippen LogP contribution >= 0.6 is 0 Å². The van der Waals surface area contributed by atoms with Gasteiger partial charge in [-0.2, -0.15) is 0 Å². The van der Waals surface area contributed by atoms with Gasteiger partial charge in [-0.15, -0.1) is 0 Å². The minimum atomic E-state index is -0.569. The van der Waals surface area contributed by atoms with Crippen molar-refractivity contribution < 1.29 is 14.6 Å². The molecule has 0 aliphatic rings. The van der Waals surface area contributed by atoms with Crippen molar-refractivity contribution in [3.8, 4) is 5.75 Å². The molecule has 0 aliphatic heterocycles. The zero-order chi connectivity index (χ0) is 20.3. The average molecular weight is 378 g/mol. The number of fused-ring (bicyclic) bond motifs is 1. The number of nitrogens with zero attached hydrogens (tertiary/aromatic N) is 1. The van der Waals surface area contributed by atoms with Crippen molar-refractivity contribution in [3.63, 3.8) is 0 Å². The number of alkyl carbamates (subject to hydrolysis) is 1. The fraction of sp³-hybridized carbons (Fsp3) is 0.304. The Morgan fingerprint density at radius 1 is 1.18 bits per heavy atom. The van der Waals surface area contributed by atoms with Crippen molar-refractivity contribution in [2.75, 3.05) is 0 Å². The fourth-order valence-corrected chi connectivity index (χ4v) is 3.14. The number of phenols is 1. The van der Waals surface area contributed by atoms with E-state index in [0.717, 1.165) is 16.5 Å². The maximum absolute atomic E-state index is 12.4. The van der Waals surface area contributed by atoms with Crippen LogP contribution in [0.4, 0.5) is 4.79 Å². The number of carbonyl (C=O) groups excluding carboxylic acids is 1. The predicted octanol–water partition coefficient (Wildman–Crippen LogP) is 5.23. The molecular weight excluding hydrogens is 352 g/mol. The van der Waals surface area contributed by atoms with Crippen LogP contribution in [-0.2, 0) is 16.9 Å². The minimum Gasteiger partial charge on any atom is -0.506 e. The molecule has 3 rings (SSSR count). The minimum absolute atomic E-state index is 0.0937. The lowest BCUT2D eigenvalue weighted by atomic mass is 9.90. The zero-order valence-corrected chi connectivity index (χ0v) is 16.7. The van der Waals surface area contributed by atoms with Gasteiger partial charge in [-0.1, -0.05) is 50.2 Å². The highest BCUT2D eigenvalue weighted by Crippen LogP contribution is 2.27. The third-order valence-electron chi connectivity index (χ3n) is 4.89. The first-order valence-electron chi connectivity index (χ1n) is 9.39. The standard InChI is InChI=1S/C23H26N2O3/c1-15(2)16-7-5-8-18(13-16)23(3,4)25-22(27)28-14-17-10-11-20(26)21-19(17)9-6-12-24-21/h5-13,15,26H,14H2,1-4H3,(H,25,27). The molecule has 146 valence electrons. The van der Waals surface area contributed by atoms with Crippen LogP contribution in [0.25, 0.3) is 10.9 Å². The normalized spacial score (nSPS) is 11.6. The molecule has 2 N–H and O–H groups in total. The van der Waals surface area contributed by atoms with Gasteiger partial charge in [-0.3, -0.25) is 4.98 Å². The molecule has 2 aromatic carbocycles. The van der Waals surface area contributed by atoms with Crippen molar-refractivity contribution in [1.29, 1.82) is 0 Å². The number of hydrogen-bond acceptors (Lipinski definition) is 4. The summed E-state index contributed by atoms with van der Waals surface area (Å²) in [6.45, 7) is 8.28. The van der Waals surface area contributed by atoms with Crippen molar-refractivity contribution in [1.82, 2.24) is 10.3 Å². The number of phenolic OH excluding ortho intramolecular Hbond substituents is 1. The highest BCUT2D eigenvalue weighted by molar-refractivity contribution is 5.87. The number of hydrogen-bond donors (Lipinski definition) is 2. The Morgan fingerprint density at radius 3 is 2.71 bits per heavy atom. The lowest BCUT2D eigenvalue weighted by Crippen LogP contribution is -2.41. The lowest BCUT2D eigenvalue weighted by molar-refractivity contribution is 0.130. The van der Waals surface area contributed by atoms with E-state index >= 15 is 0 Å². The third kappa shape index (κ3) is 4.25. The van der Waals surface area contributed by atoms with Gasteiger partial charge >= 0.3 is 6.09 Å². The molecule has 0 aliphatic carbocycles. The Balaban J connectivity index is 1.71. The van der Waals surface area contributed by atoms with Crippen molar-refractivity contribution in [2.45, 2.75) is 45.8 Å². The molecule has 0 saturated heterocycles. The SMILES string of the molecule is CC(C)c1cccc(C(C)(C)NC(=O)OCc2ccc(O)c3ncccc23)c1. The molecule has 0 unspecified atom stereocenters. The van der Waals surface area contributed by atoms with Gasteiger partial charge in [0.1, 0.15) is 17.9 Å². The smallest absolute Gasteiger partial charge is 0.408 e. The van der Waals surface area contributed by atoms with Crippen molar-refractivity contribution in [3.05, 3.63) is 71.4 Å². The molecule has 0 radical (unpaired) electrons. The lowest BCUT2D eigenvalue weighted by Gasteiger charge is -2.27. The van der Waals surface area contributed by atoms with Crippen molar-refractivity contribution >= 4 is 17.0 Å². The number of carbonyl (C=O) groups is 1. The van der Waals surface area contributed by atoms with E-state index in [1.807, 2.05) is 32.0 Å². The molecule has 0 saturated carbocycles. The van der Waals surface area contributed by atoms with E-state index in [1.54, 1.807) is 24.4 Å². The fourth-order valence-electron chi connectivity index (χ4n) is 3.14. The molecule has 5 nitrogen and oxygen atoms in total. The Kier molecular flexibility index (Phi) is 5.54. The molecule has 0 atom stereocenters. The highest BCUT2D eigenvalue weighted by Gasteiger charge is 2.24. The summed E-state index contributed by atoms with van der Waals surface area (Å²) < 4.78 is 5.45. The molecule has 1 heterocycles. The molecule has 5 heteroatoms. The van der Waals surface area contributed by atoms with Crippen LogP contribution in [-0.4, -0.2) is 16.2 Å². The van der Waals surface area contributed by atoms with Gasteiger partial charge in [0.05, 0.1) is 5.54 Å². The monoisotopic (exact) mass is 378 g/mol. The third-order valence-corrected chi connectivity index (χ3v) is 4.89. The molecular formula is C23H26N2O3. The van der Waals surface area contributed by atoms with E-state index in [4.69, 9.17) is 4.74 Å². The topological polar surface area (TPSA) is 71.5 Å². The van der Waals surface area contributed by atoms with Crippen LogP contribution in [0.15, 0.2) is 54.7 Å². The average Bonchev–Trinajstić information content (AvgIpc) is 2.67. The largest absolute Gasteiger partial charge is 0.506 e. The summed E-state index contributed by atoms with van der Waals surface area (Å²) in [5, 5.41) is 13.6. The van der Waals surface area contributed by atoms with Crippen LogP contribution in [0.3, 0.4) is 0 Å². The van der Waals surface area contributed by atoms with Crippen molar-refractivity contribution in [2.24, 2.45) is 0 Å². The number of amides is 1. The Hall–Kier alpha value is -3.08. The van der Waals surface area contributed by atoms with Gasteiger partial charge in [0.25, 0.3) is 0 Å². The van der Waals surface area contributed by atoms with Gasteiger partial charge in [0.2, 0.25) is 0 Å². The van der Waals surface area contributed by atoms with Gasteiger partial charge in [-0.05, 0) is 48.6 Å². The Bertz CT molecular complexity index is 996. The second kappa shape index (κ2) is 7.89. The van der Waals surface area contributed by atoms with E-state index in [-0.39, 0.29) is 12.4 Å². The number of aromatic nitrogens is 1. The van der Waals surface area contributed by atoms with Gasteiger partial charge in [0, 0.05) is 11.6 Å².